The lowest BCUT2D eigenvalue weighted by atomic mass is 9.46. The molecule has 6 heteroatoms. The van der Waals surface area contributed by atoms with Gasteiger partial charge in [-0.25, -0.2) is 4.39 Å². The van der Waals surface area contributed by atoms with Gasteiger partial charge in [-0.1, -0.05) is 42.5 Å². The number of aliphatic hydroxyl groups is 1. The Labute approximate surface area is 171 Å². The van der Waals surface area contributed by atoms with Crippen molar-refractivity contribution >= 4 is 39.9 Å². The van der Waals surface area contributed by atoms with E-state index in [9.17, 15) is 19.5 Å². The van der Waals surface area contributed by atoms with Crippen LogP contribution in [-0.4, -0.2) is 38.7 Å². The molecular formula is C21H24FIO4. The van der Waals surface area contributed by atoms with Gasteiger partial charge in [0.1, 0.15) is 17.6 Å². The quantitative estimate of drug-likeness (QED) is 0.481. The minimum atomic E-state index is -1.51. The Morgan fingerprint density at radius 2 is 2.07 bits per heavy atom. The minimum absolute atomic E-state index is 0.0281. The highest BCUT2D eigenvalue weighted by Crippen LogP contribution is 2.66. The van der Waals surface area contributed by atoms with Crippen LogP contribution in [0.3, 0.4) is 0 Å². The summed E-state index contributed by atoms with van der Waals surface area (Å²) in [6.07, 6.45) is 4.45. The van der Waals surface area contributed by atoms with Crippen LogP contribution < -0.4 is 0 Å². The fourth-order valence-electron chi connectivity index (χ4n) is 6.62. The number of halogens is 2. The fourth-order valence-corrected chi connectivity index (χ4v) is 7.25. The molecular weight excluding hydrogens is 462 g/mol. The maximum atomic E-state index is 15.1. The average molecular weight is 486 g/mol. The number of carbonyl (C=O) groups excluding carboxylic acids is 3. The molecule has 1 N–H and O–H groups in total. The third-order valence-corrected chi connectivity index (χ3v) is 8.67. The summed E-state index contributed by atoms with van der Waals surface area (Å²) in [6.45, 7) is 3.69. The normalized spacial score (nSPS) is 48.6. The second-order valence-electron chi connectivity index (χ2n) is 9.09. The van der Waals surface area contributed by atoms with E-state index >= 15 is 4.39 Å². The molecule has 3 saturated carbocycles. The number of fused-ring (bicyclic) bond motifs is 5. The van der Waals surface area contributed by atoms with Gasteiger partial charge in [-0.2, -0.15) is 0 Å². The molecule has 4 nitrogen and oxygen atoms in total. The van der Waals surface area contributed by atoms with E-state index in [1.807, 2.05) is 36.4 Å². The number of Topliss-reactive ketones (excluding diaryl/α,β-unsaturated/α-hetero) is 2. The Hall–Kier alpha value is -0.890. The summed E-state index contributed by atoms with van der Waals surface area (Å²) in [6, 6.07) is 0. The second kappa shape index (κ2) is 6.05. The van der Waals surface area contributed by atoms with Crippen LogP contribution in [0.2, 0.25) is 0 Å². The highest BCUT2D eigenvalue weighted by Gasteiger charge is 2.68. The molecule has 0 bridgehead atoms. The zero-order chi connectivity index (χ0) is 19.8. The van der Waals surface area contributed by atoms with Gasteiger partial charge in [0, 0.05) is 23.2 Å². The highest BCUT2D eigenvalue weighted by atomic mass is 127. The molecule has 0 spiro atoms. The lowest BCUT2D eigenvalue weighted by molar-refractivity contribution is -0.166. The number of hydrogen-bond donors (Lipinski definition) is 1. The van der Waals surface area contributed by atoms with E-state index in [-0.39, 0.29) is 46.5 Å². The van der Waals surface area contributed by atoms with Crippen LogP contribution in [0.5, 0.6) is 0 Å². The molecule has 27 heavy (non-hydrogen) atoms. The zero-order valence-electron chi connectivity index (χ0n) is 15.5. The standard InChI is InChI=1S/C21H24FIO4/c1-19-5-3-11(24)7-14(19)15(22)8-12-13-4-6-21(27,17(26)10-23)20(13,2)9-16(25)18(12)19/h3,5,7,12-13,15,18,27H,4,6,8-10H2,1-2H3/t12-,13-,15-,18+,19-,20-,21-/m0/s1. The van der Waals surface area contributed by atoms with Gasteiger partial charge < -0.3 is 5.11 Å². The molecule has 4 rings (SSSR count). The van der Waals surface area contributed by atoms with Crippen molar-refractivity contribution in [1.29, 1.82) is 0 Å². The summed E-state index contributed by atoms with van der Waals surface area (Å²) in [5.74, 6) is -1.22. The number of carbonyl (C=O) groups is 3. The maximum absolute atomic E-state index is 15.1. The number of allylic oxidation sites excluding steroid dienone is 4. The molecule has 0 aromatic heterocycles. The SMILES string of the molecule is C[C@]12C=CC(=O)C=C1[C@@H](F)C[C@@H]1[C@@H]2C(=O)C[C@@]2(C)[C@H]1CC[C@]2(O)C(=O)CI. The zero-order valence-corrected chi connectivity index (χ0v) is 17.7. The molecule has 4 aliphatic rings. The van der Waals surface area contributed by atoms with Crippen molar-refractivity contribution in [3.05, 3.63) is 23.8 Å². The van der Waals surface area contributed by atoms with Gasteiger partial charge in [0.25, 0.3) is 0 Å². The highest BCUT2D eigenvalue weighted by molar-refractivity contribution is 14.1. The van der Waals surface area contributed by atoms with E-state index in [2.05, 4.69) is 0 Å². The summed E-state index contributed by atoms with van der Waals surface area (Å²) in [5, 5.41) is 11.2. The van der Waals surface area contributed by atoms with Gasteiger partial charge in [0.2, 0.25) is 0 Å². The Balaban J connectivity index is 1.79. The third-order valence-electron chi connectivity index (χ3n) is 7.97. The maximum Gasteiger partial charge on any atom is 0.178 e. The molecule has 0 saturated heterocycles. The summed E-state index contributed by atoms with van der Waals surface area (Å²) < 4.78 is 15.3. The first-order chi connectivity index (χ1) is 12.6. The molecule has 7 atom stereocenters. The molecule has 3 fully saturated rings. The lowest BCUT2D eigenvalue weighted by Gasteiger charge is -2.57. The number of alkyl halides is 2. The van der Waals surface area contributed by atoms with Gasteiger partial charge >= 0.3 is 0 Å². The molecule has 0 radical (unpaired) electrons. The van der Waals surface area contributed by atoms with Crippen LogP contribution in [-0.2, 0) is 14.4 Å². The second-order valence-corrected chi connectivity index (χ2v) is 9.85. The third kappa shape index (κ3) is 2.38. The van der Waals surface area contributed by atoms with Crippen LogP contribution in [0, 0.1) is 28.6 Å². The van der Waals surface area contributed by atoms with E-state index in [1.54, 1.807) is 6.08 Å². The lowest BCUT2D eigenvalue weighted by Crippen LogP contribution is -2.61. The van der Waals surface area contributed by atoms with Crippen molar-refractivity contribution in [3.8, 4) is 0 Å². The first kappa shape index (κ1) is 19.4. The Bertz CT molecular complexity index is 804. The molecule has 4 aliphatic carbocycles. The largest absolute Gasteiger partial charge is 0.381 e. The van der Waals surface area contributed by atoms with Crippen molar-refractivity contribution in [3.63, 3.8) is 0 Å². The van der Waals surface area contributed by atoms with Crippen LogP contribution in [0.25, 0.3) is 0 Å². The number of rotatable bonds is 2. The monoisotopic (exact) mass is 486 g/mol. The average Bonchev–Trinajstić information content (AvgIpc) is 2.87. The fraction of sp³-hybridized carbons (Fsp3) is 0.667. The van der Waals surface area contributed by atoms with Gasteiger partial charge in [-0.15, -0.1) is 0 Å². The summed E-state index contributed by atoms with van der Waals surface area (Å²) >= 11 is 1.95. The van der Waals surface area contributed by atoms with Crippen molar-refractivity contribution in [2.75, 3.05) is 4.43 Å². The summed E-state index contributed by atoms with van der Waals surface area (Å²) in [4.78, 5) is 37.7. The first-order valence-electron chi connectivity index (χ1n) is 9.52. The Kier molecular flexibility index (Phi) is 4.35. The van der Waals surface area contributed by atoms with E-state index in [4.69, 9.17) is 0 Å². The molecule has 0 unspecified atom stereocenters. The van der Waals surface area contributed by atoms with Crippen LogP contribution in [0.15, 0.2) is 23.8 Å². The Morgan fingerprint density at radius 1 is 1.37 bits per heavy atom. The minimum Gasteiger partial charge on any atom is -0.381 e. The smallest absolute Gasteiger partial charge is 0.178 e. The molecule has 0 aliphatic heterocycles. The summed E-state index contributed by atoms with van der Waals surface area (Å²) in [7, 11) is 0. The number of hydrogen-bond acceptors (Lipinski definition) is 4. The Morgan fingerprint density at radius 3 is 2.74 bits per heavy atom. The number of ketones is 3. The van der Waals surface area contributed by atoms with Crippen LogP contribution >= 0.6 is 22.6 Å². The van der Waals surface area contributed by atoms with Gasteiger partial charge in [0.15, 0.2) is 11.6 Å². The van der Waals surface area contributed by atoms with Crippen molar-refractivity contribution < 1.29 is 23.9 Å². The van der Waals surface area contributed by atoms with Crippen LogP contribution in [0.4, 0.5) is 4.39 Å². The van der Waals surface area contributed by atoms with Crippen molar-refractivity contribution in [2.45, 2.75) is 51.3 Å². The van der Waals surface area contributed by atoms with Gasteiger partial charge in [-0.05, 0) is 48.8 Å². The van der Waals surface area contributed by atoms with E-state index in [0.717, 1.165) is 0 Å². The molecule has 146 valence electrons. The first-order valence-corrected chi connectivity index (χ1v) is 11.0. The summed E-state index contributed by atoms with van der Waals surface area (Å²) in [5.41, 5.74) is -2.76. The van der Waals surface area contributed by atoms with E-state index in [1.165, 1.54) is 12.2 Å². The van der Waals surface area contributed by atoms with Gasteiger partial charge in [0.05, 0.1) is 4.43 Å². The molecule has 0 amide bonds. The van der Waals surface area contributed by atoms with E-state index in [0.29, 0.717) is 18.4 Å². The van der Waals surface area contributed by atoms with E-state index < -0.39 is 28.5 Å². The molecule has 0 heterocycles. The van der Waals surface area contributed by atoms with Crippen molar-refractivity contribution in [1.82, 2.24) is 0 Å². The predicted octanol–water partition coefficient (Wildman–Crippen LogP) is 3.16. The predicted molar refractivity (Wildman–Crippen MR) is 106 cm³/mol. The van der Waals surface area contributed by atoms with Crippen LogP contribution in [0.1, 0.15) is 39.5 Å². The van der Waals surface area contributed by atoms with Gasteiger partial charge in [-0.3, -0.25) is 14.4 Å². The molecule has 0 aromatic carbocycles. The topological polar surface area (TPSA) is 71.4 Å². The molecule has 0 aromatic rings. The van der Waals surface area contributed by atoms with Crippen molar-refractivity contribution in [2.24, 2.45) is 28.6 Å².